The summed E-state index contributed by atoms with van der Waals surface area (Å²) in [5.74, 6) is -1.17. The maximum atomic E-state index is 12.8. The van der Waals surface area contributed by atoms with Crippen LogP contribution in [0.15, 0.2) is 6.07 Å². The molecule has 0 bridgehead atoms. The largest absolute Gasteiger partial charge is 0.265 e. The summed E-state index contributed by atoms with van der Waals surface area (Å²) in [6, 6.07) is 2.61. The molecule has 6 heteroatoms. The van der Waals surface area contributed by atoms with Crippen LogP contribution in [-0.4, -0.2) is 4.98 Å². The molecule has 0 radical (unpaired) electrons. The molecule has 0 amide bonds. The van der Waals surface area contributed by atoms with Crippen LogP contribution in [0.1, 0.15) is 17.7 Å². The van der Waals surface area contributed by atoms with Gasteiger partial charge in [-0.25, -0.2) is 13.8 Å². The fourth-order valence-corrected chi connectivity index (χ4v) is 1.08. The molecule has 0 fully saturated rings. The van der Waals surface area contributed by atoms with Crippen LogP contribution in [0.25, 0.3) is 0 Å². The van der Waals surface area contributed by atoms with Crippen LogP contribution in [0.3, 0.4) is 0 Å². The topological polar surface area (TPSA) is 36.7 Å². The maximum Gasteiger partial charge on any atom is 0.265 e. The van der Waals surface area contributed by atoms with E-state index in [2.05, 4.69) is 4.98 Å². The van der Waals surface area contributed by atoms with E-state index < -0.39 is 23.0 Å². The number of rotatable bonds is 2. The predicted octanol–water partition coefficient (Wildman–Crippen LogP) is 2.88. The molecule has 14 heavy (non-hydrogen) atoms. The van der Waals surface area contributed by atoms with E-state index in [0.717, 1.165) is 6.07 Å². The molecule has 0 aliphatic rings. The van der Waals surface area contributed by atoms with Crippen LogP contribution < -0.4 is 0 Å². The molecule has 74 valence electrons. The van der Waals surface area contributed by atoms with Crippen molar-refractivity contribution in [2.45, 2.75) is 12.8 Å². The second-order valence-corrected chi connectivity index (χ2v) is 2.82. The molecule has 0 atom stereocenters. The van der Waals surface area contributed by atoms with Gasteiger partial charge in [0.15, 0.2) is 0 Å². The zero-order chi connectivity index (χ0) is 10.7. The Balaban J connectivity index is 3.22. The van der Waals surface area contributed by atoms with Gasteiger partial charge in [-0.1, -0.05) is 11.6 Å². The zero-order valence-electron chi connectivity index (χ0n) is 6.77. The molecule has 1 heterocycles. The first-order valence-corrected chi connectivity index (χ1v) is 3.94. The van der Waals surface area contributed by atoms with Gasteiger partial charge in [0, 0.05) is 5.56 Å². The van der Waals surface area contributed by atoms with Crippen molar-refractivity contribution in [3.63, 3.8) is 0 Å². The van der Waals surface area contributed by atoms with Crippen LogP contribution in [0, 0.1) is 17.3 Å². The van der Waals surface area contributed by atoms with Gasteiger partial charge in [0.2, 0.25) is 5.95 Å². The van der Waals surface area contributed by atoms with E-state index in [1.165, 1.54) is 0 Å². The Kier molecular flexibility index (Phi) is 3.31. The van der Waals surface area contributed by atoms with E-state index >= 15 is 0 Å². The summed E-state index contributed by atoms with van der Waals surface area (Å²) in [6.45, 7) is 0. The molecular weight excluding hydrogens is 217 g/mol. The molecule has 0 saturated heterocycles. The molecular formula is C8H4ClF3N2. The highest BCUT2D eigenvalue weighted by Gasteiger charge is 2.17. The summed E-state index contributed by atoms with van der Waals surface area (Å²) in [7, 11) is 0. The number of hydrogen-bond donors (Lipinski definition) is 0. The van der Waals surface area contributed by atoms with Crippen LogP contribution in [-0.2, 0) is 6.42 Å². The lowest BCUT2D eigenvalue weighted by Crippen LogP contribution is -1.98. The van der Waals surface area contributed by atoms with Crippen molar-refractivity contribution in [3.8, 4) is 6.07 Å². The van der Waals surface area contributed by atoms with E-state index in [0.29, 0.717) is 0 Å². The highest BCUT2D eigenvalue weighted by molar-refractivity contribution is 6.31. The molecule has 1 rings (SSSR count). The summed E-state index contributed by atoms with van der Waals surface area (Å²) in [4.78, 5) is 3.25. The number of aromatic nitrogens is 1. The lowest BCUT2D eigenvalue weighted by atomic mass is 10.2. The highest BCUT2D eigenvalue weighted by atomic mass is 35.5. The number of nitrogens with zero attached hydrogens (tertiary/aromatic N) is 2. The van der Waals surface area contributed by atoms with Crippen molar-refractivity contribution in [1.29, 1.82) is 5.26 Å². The predicted molar refractivity (Wildman–Crippen MR) is 43.5 cm³/mol. The number of hydrogen-bond acceptors (Lipinski definition) is 2. The van der Waals surface area contributed by atoms with Gasteiger partial charge in [-0.3, -0.25) is 0 Å². The standard InChI is InChI=1S/C8H4ClF3N2/c9-6-5(7(10)11)3-4(1-2-13)14-8(6)12/h3,7H,1H2. The first-order valence-electron chi connectivity index (χ1n) is 3.56. The average molecular weight is 221 g/mol. The summed E-state index contributed by atoms with van der Waals surface area (Å²) >= 11 is 5.26. The molecule has 1 aromatic rings. The third kappa shape index (κ3) is 2.15. The van der Waals surface area contributed by atoms with Crippen molar-refractivity contribution >= 4 is 11.6 Å². The summed E-state index contributed by atoms with van der Waals surface area (Å²) in [6.07, 6.45) is -3.11. The summed E-state index contributed by atoms with van der Waals surface area (Å²) < 4.78 is 37.4. The normalized spacial score (nSPS) is 10.3. The van der Waals surface area contributed by atoms with Gasteiger partial charge in [0.05, 0.1) is 18.2 Å². The van der Waals surface area contributed by atoms with Crippen LogP contribution in [0.5, 0.6) is 0 Å². The average Bonchev–Trinajstić information content (AvgIpc) is 2.11. The van der Waals surface area contributed by atoms with Crippen molar-refractivity contribution in [2.75, 3.05) is 0 Å². The zero-order valence-corrected chi connectivity index (χ0v) is 7.52. The Morgan fingerprint density at radius 2 is 2.21 bits per heavy atom. The van der Waals surface area contributed by atoms with Gasteiger partial charge >= 0.3 is 0 Å². The van der Waals surface area contributed by atoms with Crippen LogP contribution >= 0.6 is 11.6 Å². The van der Waals surface area contributed by atoms with Crippen LogP contribution in [0.2, 0.25) is 5.02 Å². The summed E-state index contributed by atoms with van der Waals surface area (Å²) in [5.41, 5.74) is -0.686. The molecule has 0 spiro atoms. The number of alkyl halides is 2. The molecule has 0 aliphatic carbocycles. The summed E-state index contributed by atoms with van der Waals surface area (Å²) in [5, 5.41) is 7.58. The molecule has 0 aromatic carbocycles. The Bertz CT molecular complexity index is 387. The van der Waals surface area contributed by atoms with E-state index in [-0.39, 0.29) is 12.1 Å². The van der Waals surface area contributed by atoms with Crippen molar-refractivity contribution in [1.82, 2.24) is 4.98 Å². The monoisotopic (exact) mass is 220 g/mol. The molecule has 0 unspecified atom stereocenters. The van der Waals surface area contributed by atoms with E-state index in [4.69, 9.17) is 16.9 Å². The Hall–Kier alpha value is -1.28. The van der Waals surface area contributed by atoms with E-state index in [1.54, 1.807) is 6.07 Å². The number of halogens is 4. The Morgan fingerprint density at radius 3 is 2.71 bits per heavy atom. The highest BCUT2D eigenvalue weighted by Crippen LogP contribution is 2.28. The second kappa shape index (κ2) is 4.29. The van der Waals surface area contributed by atoms with Crippen molar-refractivity contribution in [2.24, 2.45) is 0 Å². The first kappa shape index (κ1) is 10.8. The maximum absolute atomic E-state index is 12.8. The fourth-order valence-electron chi connectivity index (χ4n) is 0.900. The van der Waals surface area contributed by atoms with E-state index in [9.17, 15) is 13.2 Å². The smallest absolute Gasteiger partial charge is 0.222 e. The lowest BCUT2D eigenvalue weighted by molar-refractivity contribution is 0.150. The lowest BCUT2D eigenvalue weighted by Gasteiger charge is -2.04. The quantitative estimate of drug-likeness (QED) is 0.719. The van der Waals surface area contributed by atoms with Crippen LogP contribution in [0.4, 0.5) is 13.2 Å². The Labute approximate surface area is 82.9 Å². The number of nitriles is 1. The molecule has 2 nitrogen and oxygen atoms in total. The number of pyridine rings is 1. The molecule has 0 aliphatic heterocycles. The van der Waals surface area contributed by atoms with E-state index in [1.807, 2.05) is 0 Å². The fraction of sp³-hybridized carbons (Fsp3) is 0.250. The molecule has 0 saturated carbocycles. The van der Waals surface area contributed by atoms with Gasteiger partial charge < -0.3 is 0 Å². The molecule has 1 aromatic heterocycles. The minimum Gasteiger partial charge on any atom is -0.222 e. The van der Waals surface area contributed by atoms with Gasteiger partial charge in [-0.2, -0.15) is 9.65 Å². The first-order chi connectivity index (χ1) is 6.56. The van der Waals surface area contributed by atoms with Gasteiger partial charge in [-0.15, -0.1) is 0 Å². The minimum atomic E-state index is -2.88. The van der Waals surface area contributed by atoms with Gasteiger partial charge in [0.25, 0.3) is 6.43 Å². The Morgan fingerprint density at radius 1 is 1.57 bits per heavy atom. The second-order valence-electron chi connectivity index (χ2n) is 2.44. The van der Waals surface area contributed by atoms with Crippen molar-refractivity contribution < 1.29 is 13.2 Å². The van der Waals surface area contributed by atoms with Gasteiger partial charge in [-0.05, 0) is 6.07 Å². The SMILES string of the molecule is N#CCc1cc(C(F)F)c(Cl)c(F)n1. The molecule has 0 N–H and O–H groups in total. The van der Waals surface area contributed by atoms with Crippen molar-refractivity contribution in [3.05, 3.63) is 28.3 Å². The minimum absolute atomic E-state index is 0.0512. The van der Waals surface area contributed by atoms with Gasteiger partial charge in [0.1, 0.15) is 5.02 Å². The third-order valence-corrected chi connectivity index (χ3v) is 1.87. The third-order valence-electron chi connectivity index (χ3n) is 1.49.